The fourth-order valence-electron chi connectivity index (χ4n) is 2.44. The van der Waals surface area contributed by atoms with E-state index in [0.717, 1.165) is 18.5 Å². The summed E-state index contributed by atoms with van der Waals surface area (Å²) < 4.78 is 0. The Hall–Kier alpha value is -2.24. The molecule has 1 fully saturated rings. The monoisotopic (exact) mass is 291 g/mol. The van der Waals surface area contributed by atoms with Gasteiger partial charge >= 0.3 is 12.0 Å². The first-order chi connectivity index (χ1) is 10.1. The number of nitrogens with zero attached hydrogens (tertiary/aromatic N) is 1. The Bertz CT molecular complexity index is 478. The number of carbonyl (C=O) groups is 2. The summed E-state index contributed by atoms with van der Waals surface area (Å²) >= 11 is 0. The van der Waals surface area contributed by atoms with Gasteiger partial charge in [-0.1, -0.05) is 18.2 Å². The van der Waals surface area contributed by atoms with Crippen molar-refractivity contribution in [1.29, 1.82) is 0 Å². The van der Waals surface area contributed by atoms with E-state index in [0.29, 0.717) is 13.1 Å². The molecule has 1 aliphatic rings. The number of para-hydroxylation sites is 1. The lowest BCUT2D eigenvalue weighted by Gasteiger charge is -2.33. The highest BCUT2D eigenvalue weighted by atomic mass is 16.4. The molecule has 1 aromatic rings. The lowest BCUT2D eigenvalue weighted by molar-refractivity contribution is -0.136. The molecule has 3 N–H and O–H groups in total. The van der Waals surface area contributed by atoms with Crippen LogP contribution in [0.4, 0.5) is 10.5 Å². The van der Waals surface area contributed by atoms with Gasteiger partial charge in [-0.3, -0.25) is 4.79 Å². The van der Waals surface area contributed by atoms with Gasteiger partial charge in [-0.25, -0.2) is 4.79 Å². The normalized spacial score (nSPS) is 18.1. The predicted octanol–water partition coefficient (Wildman–Crippen LogP) is 1.75. The molecule has 0 aliphatic carbocycles. The molecule has 6 nitrogen and oxygen atoms in total. The Balaban J connectivity index is 1.80. The van der Waals surface area contributed by atoms with Crippen LogP contribution in [0.3, 0.4) is 0 Å². The van der Waals surface area contributed by atoms with Crippen LogP contribution in [0, 0.1) is 0 Å². The minimum Gasteiger partial charge on any atom is -0.481 e. The Morgan fingerprint density at radius 1 is 1.29 bits per heavy atom. The second-order valence-corrected chi connectivity index (χ2v) is 5.17. The minimum absolute atomic E-state index is 0.0503. The average molecular weight is 291 g/mol. The van der Waals surface area contributed by atoms with Gasteiger partial charge in [-0.15, -0.1) is 0 Å². The number of carbonyl (C=O) groups excluding carboxylic acids is 1. The van der Waals surface area contributed by atoms with Gasteiger partial charge in [0, 0.05) is 31.4 Å². The summed E-state index contributed by atoms with van der Waals surface area (Å²) in [6.07, 6.45) is 1.91. The molecular weight excluding hydrogens is 270 g/mol. The molecule has 0 bridgehead atoms. The number of benzene rings is 1. The summed E-state index contributed by atoms with van der Waals surface area (Å²) in [4.78, 5) is 24.2. The molecule has 2 rings (SSSR count). The van der Waals surface area contributed by atoms with E-state index in [9.17, 15) is 9.59 Å². The highest BCUT2D eigenvalue weighted by Crippen LogP contribution is 2.15. The first-order valence-corrected chi connectivity index (χ1v) is 7.21. The number of rotatable bonds is 5. The van der Waals surface area contributed by atoms with E-state index in [1.165, 1.54) is 0 Å². The molecule has 6 heteroatoms. The van der Waals surface area contributed by atoms with Gasteiger partial charge in [0.05, 0.1) is 6.42 Å². The third kappa shape index (κ3) is 4.98. The van der Waals surface area contributed by atoms with E-state index in [1.807, 2.05) is 30.3 Å². The number of likely N-dealkylation sites (tertiary alicyclic amines) is 1. The molecule has 1 aliphatic heterocycles. The van der Waals surface area contributed by atoms with Crippen LogP contribution >= 0.6 is 0 Å². The zero-order valence-corrected chi connectivity index (χ0v) is 11.9. The zero-order valence-electron chi connectivity index (χ0n) is 11.9. The van der Waals surface area contributed by atoms with E-state index >= 15 is 0 Å². The second kappa shape index (κ2) is 7.52. The molecule has 0 saturated carbocycles. The number of urea groups is 1. The Morgan fingerprint density at radius 2 is 2.05 bits per heavy atom. The van der Waals surface area contributed by atoms with Crippen molar-refractivity contribution in [1.82, 2.24) is 10.2 Å². The number of anilines is 1. The summed E-state index contributed by atoms with van der Waals surface area (Å²) in [7, 11) is 0. The van der Waals surface area contributed by atoms with Gasteiger partial charge in [-0.2, -0.15) is 0 Å². The maximum absolute atomic E-state index is 12.0. The van der Waals surface area contributed by atoms with Gasteiger partial charge in [-0.05, 0) is 25.0 Å². The molecule has 1 unspecified atom stereocenters. The van der Waals surface area contributed by atoms with Gasteiger partial charge in [0.25, 0.3) is 0 Å². The van der Waals surface area contributed by atoms with Crippen LogP contribution in [0.15, 0.2) is 30.3 Å². The molecule has 1 atom stereocenters. The molecular formula is C15H21N3O3. The maximum atomic E-state index is 12.0. The van der Waals surface area contributed by atoms with Crippen molar-refractivity contribution in [2.75, 3.05) is 25.0 Å². The van der Waals surface area contributed by atoms with Crippen molar-refractivity contribution in [2.45, 2.75) is 25.3 Å². The molecule has 1 heterocycles. The smallest absolute Gasteiger partial charge is 0.317 e. The van der Waals surface area contributed by atoms with Crippen LogP contribution in [-0.2, 0) is 4.79 Å². The van der Waals surface area contributed by atoms with Crippen molar-refractivity contribution in [3.8, 4) is 0 Å². The standard InChI is InChI=1S/C15H21N3O3/c19-14(20)8-9-16-15(21)18-10-4-7-13(11-18)17-12-5-2-1-3-6-12/h1-3,5-6,13,17H,4,7-11H2,(H,16,21)(H,19,20). The summed E-state index contributed by atoms with van der Waals surface area (Å²) in [5.41, 5.74) is 1.05. The van der Waals surface area contributed by atoms with E-state index < -0.39 is 5.97 Å². The van der Waals surface area contributed by atoms with Gasteiger partial charge in [0.1, 0.15) is 0 Å². The SMILES string of the molecule is O=C(O)CCNC(=O)N1CCCC(Nc2ccccc2)C1. The average Bonchev–Trinajstić information content (AvgIpc) is 2.48. The highest BCUT2D eigenvalue weighted by molar-refractivity contribution is 5.75. The fraction of sp³-hybridized carbons (Fsp3) is 0.467. The molecule has 1 saturated heterocycles. The number of nitrogens with one attached hydrogen (secondary N) is 2. The molecule has 0 aromatic heterocycles. The lowest BCUT2D eigenvalue weighted by Crippen LogP contribution is -2.49. The van der Waals surface area contributed by atoms with Crippen LogP contribution < -0.4 is 10.6 Å². The lowest BCUT2D eigenvalue weighted by atomic mass is 10.1. The highest BCUT2D eigenvalue weighted by Gasteiger charge is 2.23. The quantitative estimate of drug-likeness (QED) is 0.772. The van der Waals surface area contributed by atoms with Crippen LogP contribution in [0.1, 0.15) is 19.3 Å². The van der Waals surface area contributed by atoms with Gasteiger partial charge < -0.3 is 20.6 Å². The third-order valence-corrected chi connectivity index (χ3v) is 3.47. The molecule has 0 radical (unpaired) electrons. The largest absolute Gasteiger partial charge is 0.481 e. The molecule has 2 amide bonds. The number of aliphatic carboxylic acids is 1. The predicted molar refractivity (Wildman–Crippen MR) is 80.3 cm³/mol. The summed E-state index contributed by atoms with van der Waals surface area (Å²) in [5.74, 6) is -0.905. The van der Waals surface area contributed by atoms with Crippen molar-refractivity contribution in [3.63, 3.8) is 0 Å². The Kier molecular flexibility index (Phi) is 5.43. The van der Waals surface area contributed by atoms with Crippen molar-refractivity contribution in [3.05, 3.63) is 30.3 Å². The summed E-state index contributed by atoms with van der Waals surface area (Å²) in [5, 5.41) is 14.6. The minimum atomic E-state index is -0.905. The number of carboxylic acid groups (broad SMARTS) is 1. The first kappa shape index (κ1) is 15.2. The number of hydrogen-bond acceptors (Lipinski definition) is 3. The third-order valence-electron chi connectivity index (χ3n) is 3.47. The van der Waals surface area contributed by atoms with Crippen molar-refractivity contribution < 1.29 is 14.7 Å². The zero-order chi connectivity index (χ0) is 15.1. The van der Waals surface area contributed by atoms with Gasteiger partial charge in [0.15, 0.2) is 0 Å². The van der Waals surface area contributed by atoms with E-state index in [4.69, 9.17) is 5.11 Å². The van der Waals surface area contributed by atoms with Gasteiger partial charge in [0.2, 0.25) is 0 Å². The summed E-state index contributed by atoms with van der Waals surface area (Å²) in [6, 6.07) is 9.97. The van der Waals surface area contributed by atoms with Crippen LogP contribution in [-0.4, -0.2) is 47.7 Å². The first-order valence-electron chi connectivity index (χ1n) is 7.21. The van der Waals surface area contributed by atoms with Crippen LogP contribution in [0.25, 0.3) is 0 Å². The van der Waals surface area contributed by atoms with Crippen LogP contribution in [0.5, 0.6) is 0 Å². The Labute approximate surface area is 124 Å². The number of amides is 2. The van der Waals surface area contributed by atoms with Crippen molar-refractivity contribution in [2.24, 2.45) is 0 Å². The molecule has 114 valence electrons. The molecule has 1 aromatic carbocycles. The number of hydrogen-bond donors (Lipinski definition) is 3. The second-order valence-electron chi connectivity index (χ2n) is 5.17. The Morgan fingerprint density at radius 3 is 2.76 bits per heavy atom. The van der Waals surface area contributed by atoms with Crippen LogP contribution in [0.2, 0.25) is 0 Å². The maximum Gasteiger partial charge on any atom is 0.317 e. The topological polar surface area (TPSA) is 81.7 Å². The fourth-order valence-corrected chi connectivity index (χ4v) is 2.44. The number of piperidine rings is 1. The van der Waals surface area contributed by atoms with E-state index in [1.54, 1.807) is 4.90 Å². The molecule has 21 heavy (non-hydrogen) atoms. The molecule has 0 spiro atoms. The summed E-state index contributed by atoms with van der Waals surface area (Å²) in [6.45, 7) is 1.52. The van der Waals surface area contributed by atoms with E-state index in [2.05, 4.69) is 10.6 Å². The van der Waals surface area contributed by atoms with E-state index in [-0.39, 0.29) is 25.0 Å². The number of carboxylic acids is 1. The van der Waals surface area contributed by atoms with Crippen molar-refractivity contribution >= 4 is 17.7 Å².